The van der Waals surface area contributed by atoms with E-state index >= 15 is 0 Å². The summed E-state index contributed by atoms with van der Waals surface area (Å²) in [4.78, 5) is 0. The molecule has 0 unspecified atom stereocenters. The maximum absolute atomic E-state index is 10.6. The van der Waals surface area contributed by atoms with Gasteiger partial charge in [-0.05, 0) is 6.92 Å². The van der Waals surface area contributed by atoms with E-state index in [1.54, 1.807) is 6.92 Å². The Hall–Kier alpha value is -0.210. The van der Waals surface area contributed by atoms with Crippen LogP contribution in [0.15, 0.2) is 0 Å². The van der Waals surface area contributed by atoms with E-state index in [1.807, 2.05) is 0 Å². The molecule has 0 aliphatic rings. The summed E-state index contributed by atoms with van der Waals surface area (Å²) in [6, 6.07) is 0. The fraction of sp³-hybridized carbons (Fsp3) is 1.00. The molecule has 0 rings (SSSR count). The van der Waals surface area contributed by atoms with Crippen molar-refractivity contribution >= 4 is 10.3 Å². The predicted octanol–water partition coefficient (Wildman–Crippen LogP) is -1.02. The Morgan fingerprint density at radius 2 is 2.09 bits per heavy atom. The van der Waals surface area contributed by atoms with Crippen LogP contribution in [0.25, 0.3) is 0 Å². The minimum absolute atomic E-state index is 0. The van der Waals surface area contributed by atoms with Crippen LogP contribution in [0, 0.1) is 0 Å². The highest BCUT2D eigenvalue weighted by molar-refractivity contribution is 7.84. The standard InChI is InChI=1S/C4H12N2O3S.H3N/c1-2-9-10(7,8)6-4-3-5;/h6H,2-5H2,1H3;1H3. The Balaban J connectivity index is 0. The summed E-state index contributed by atoms with van der Waals surface area (Å²) >= 11 is 0. The largest absolute Gasteiger partial charge is 0.344 e. The first kappa shape index (κ1) is 13.4. The molecule has 0 radical (unpaired) electrons. The van der Waals surface area contributed by atoms with Crippen LogP contribution in [0.1, 0.15) is 6.92 Å². The van der Waals surface area contributed by atoms with Crippen molar-refractivity contribution in [3.8, 4) is 0 Å². The monoisotopic (exact) mass is 185 g/mol. The van der Waals surface area contributed by atoms with Gasteiger partial charge >= 0.3 is 10.3 Å². The molecule has 0 aliphatic heterocycles. The molecular formula is C4H15N3O3S. The second-order valence-electron chi connectivity index (χ2n) is 1.54. The van der Waals surface area contributed by atoms with Crippen LogP contribution in [-0.4, -0.2) is 28.1 Å². The van der Waals surface area contributed by atoms with Crippen LogP contribution in [0.2, 0.25) is 0 Å². The van der Waals surface area contributed by atoms with Gasteiger partial charge in [0.25, 0.3) is 0 Å². The second kappa shape index (κ2) is 6.50. The molecule has 0 amide bonds. The van der Waals surface area contributed by atoms with Gasteiger partial charge in [-0.3, -0.25) is 4.18 Å². The minimum atomic E-state index is -3.52. The highest BCUT2D eigenvalue weighted by Crippen LogP contribution is 1.84. The van der Waals surface area contributed by atoms with E-state index < -0.39 is 10.3 Å². The van der Waals surface area contributed by atoms with Crippen molar-refractivity contribution in [1.29, 1.82) is 0 Å². The fourth-order valence-corrected chi connectivity index (χ4v) is 1.14. The molecule has 6 nitrogen and oxygen atoms in total. The fourth-order valence-electron chi connectivity index (χ4n) is 0.381. The molecule has 0 aromatic rings. The van der Waals surface area contributed by atoms with Crippen LogP contribution < -0.4 is 16.6 Å². The Labute approximate surface area is 66.9 Å². The summed E-state index contributed by atoms with van der Waals surface area (Å²) in [7, 11) is -3.52. The lowest BCUT2D eigenvalue weighted by atomic mass is 10.7. The van der Waals surface area contributed by atoms with E-state index in [-0.39, 0.29) is 25.8 Å². The van der Waals surface area contributed by atoms with E-state index in [0.717, 1.165) is 0 Å². The molecule has 0 aromatic heterocycles. The third-order valence-electron chi connectivity index (χ3n) is 0.696. The quantitative estimate of drug-likeness (QED) is 0.506. The zero-order chi connectivity index (χ0) is 8.04. The van der Waals surface area contributed by atoms with Gasteiger partial charge in [0.15, 0.2) is 0 Å². The van der Waals surface area contributed by atoms with E-state index in [1.165, 1.54) is 0 Å². The number of hydrogen-bond acceptors (Lipinski definition) is 5. The van der Waals surface area contributed by atoms with E-state index in [9.17, 15) is 8.42 Å². The van der Waals surface area contributed by atoms with Crippen LogP contribution >= 0.6 is 0 Å². The van der Waals surface area contributed by atoms with Crippen LogP contribution in [-0.2, 0) is 14.5 Å². The van der Waals surface area contributed by atoms with E-state index in [2.05, 4.69) is 8.91 Å². The van der Waals surface area contributed by atoms with E-state index in [4.69, 9.17) is 5.73 Å². The van der Waals surface area contributed by atoms with Crippen LogP contribution in [0.3, 0.4) is 0 Å². The molecule has 0 heterocycles. The average molecular weight is 185 g/mol. The van der Waals surface area contributed by atoms with Crippen molar-refractivity contribution in [1.82, 2.24) is 10.9 Å². The third-order valence-corrected chi connectivity index (χ3v) is 1.80. The molecule has 0 saturated heterocycles. The molecule has 7 heteroatoms. The number of nitrogens with two attached hydrogens (primary N) is 1. The average Bonchev–Trinajstić information content (AvgIpc) is 1.84. The summed E-state index contributed by atoms with van der Waals surface area (Å²) in [6.07, 6.45) is 0. The van der Waals surface area contributed by atoms with Crippen molar-refractivity contribution in [3.63, 3.8) is 0 Å². The number of nitrogens with one attached hydrogen (secondary N) is 1. The molecule has 70 valence electrons. The Morgan fingerprint density at radius 1 is 1.55 bits per heavy atom. The van der Waals surface area contributed by atoms with Gasteiger partial charge < -0.3 is 11.9 Å². The SMILES string of the molecule is CCOS(=O)(=O)NCCN.N. The first-order chi connectivity index (χ1) is 4.62. The lowest BCUT2D eigenvalue weighted by Gasteiger charge is -2.02. The molecule has 0 aromatic carbocycles. The summed E-state index contributed by atoms with van der Waals surface area (Å²) in [5, 5.41) is 0. The first-order valence-electron chi connectivity index (χ1n) is 2.96. The molecule has 11 heavy (non-hydrogen) atoms. The number of rotatable bonds is 5. The topological polar surface area (TPSA) is 116 Å². The van der Waals surface area contributed by atoms with Crippen molar-refractivity contribution in [2.45, 2.75) is 6.92 Å². The van der Waals surface area contributed by atoms with Crippen LogP contribution in [0.5, 0.6) is 0 Å². The van der Waals surface area contributed by atoms with Gasteiger partial charge in [0.05, 0.1) is 6.61 Å². The van der Waals surface area contributed by atoms with Gasteiger partial charge in [0.1, 0.15) is 0 Å². The molecule has 0 fully saturated rings. The molecule has 0 saturated carbocycles. The molecule has 6 N–H and O–H groups in total. The minimum Gasteiger partial charge on any atom is -0.344 e. The lowest BCUT2D eigenvalue weighted by molar-refractivity contribution is 0.330. The van der Waals surface area contributed by atoms with Crippen molar-refractivity contribution in [3.05, 3.63) is 0 Å². The summed E-state index contributed by atoms with van der Waals surface area (Å²) in [6.45, 7) is 2.22. The van der Waals surface area contributed by atoms with Gasteiger partial charge in [-0.15, -0.1) is 0 Å². The normalized spacial score (nSPS) is 10.7. The first-order valence-corrected chi connectivity index (χ1v) is 4.37. The lowest BCUT2D eigenvalue weighted by Crippen LogP contribution is -2.30. The Bertz CT molecular complexity index is 167. The molecule has 0 aliphatic carbocycles. The third kappa shape index (κ3) is 7.69. The van der Waals surface area contributed by atoms with Crippen LogP contribution in [0.4, 0.5) is 0 Å². The van der Waals surface area contributed by atoms with E-state index in [0.29, 0.717) is 0 Å². The zero-order valence-corrected chi connectivity index (χ0v) is 7.36. The van der Waals surface area contributed by atoms with Gasteiger partial charge in [-0.25, -0.2) is 0 Å². The van der Waals surface area contributed by atoms with Crippen molar-refractivity contribution < 1.29 is 12.6 Å². The highest BCUT2D eigenvalue weighted by atomic mass is 32.2. The zero-order valence-electron chi connectivity index (χ0n) is 6.54. The maximum atomic E-state index is 10.6. The summed E-state index contributed by atoms with van der Waals surface area (Å²) in [5.74, 6) is 0. The Morgan fingerprint density at radius 3 is 2.45 bits per heavy atom. The molecule has 0 bridgehead atoms. The van der Waals surface area contributed by atoms with Crippen molar-refractivity contribution in [2.24, 2.45) is 5.73 Å². The predicted molar refractivity (Wildman–Crippen MR) is 42.6 cm³/mol. The maximum Gasteiger partial charge on any atom is 0.335 e. The molecule has 0 spiro atoms. The van der Waals surface area contributed by atoms with Crippen molar-refractivity contribution in [2.75, 3.05) is 19.7 Å². The Kier molecular flexibility index (Phi) is 7.91. The van der Waals surface area contributed by atoms with Gasteiger partial charge in [0, 0.05) is 13.1 Å². The van der Waals surface area contributed by atoms with Gasteiger partial charge in [-0.2, -0.15) is 13.1 Å². The van der Waals surface area contributed by atoms with Gasteiger partial charge in [0.2, 0.25) is 0 Å². The molecular weight excluding hydrogens is 170 g/mol. The second-order valence-corrected chi connectivity index (χ2v) is 2.98. The smallest absolute Gasteiger partial charge is 0.335 e. The summed E-state index contributed by atoms with van der Waals surface area (Å²) in [5.41, 5.74) is 5.05. The summed E-state index contributed by atoms with van der Waals surface area (Å²) < 4.78 is 27.7. The number of hydrogen-bond donors (Lipinski definition) is 3. The highest BCUT2D eigenvalue weighted by Gasteiger charge is 2.05. The molecule has 0 atom stereocenters. The van der Waals surface area contributed by atoms with Gasteiger partial charge in [-0.1, -0.05) is 0 Å².